The molecule has 0 aliphatic carbocycles. The molecule has 2 aliphatic heterocycles. The van der Waals surface area contributed by atoms with Gasteiger partial charge in [0.05, 0.1) is 25.4 Å². The number of hydrogen-bond acceptors (Lipinski definition) is 7. The largest absolute Gasteiger partial charge is 0.450 e. The van der Waals surface area contributed by atoms with Gasteiger partial charge >= 0.3 is 5.97 Å². The molecule has 0 spiro atoms. The topological polar surface area (TPSA) is 72.5 Å². The molecule has 45 heavy (non-hydrogen) atoms. The molecule has 0 N–H and O–H groups in total. The maximum atomic E-state index is 13.5. The van der Waals surface area contributed by atoms with E-state index in [0.29, 0.717) is 5.56 Å². The van der Waals surface area contributed by atoms with E-state index in [2.05, 4.69) is 24.3 Å². The van der Waals surface area contributed by atoms with Crippen LogP contribution in [0.5, 0.6) is 0 Å². The van der Waals surface area contributed by atoms with Crippen LogP contribution in [0.3, 0.4) is 0 Å². The molecule has 0 amide bonds. The van der Waals surface area contributed by atoms with Crippen LogP contribution in [0, 0.1) is 0 Å². The van der Waals surface area contributed by atoms with E-state index in [-0.39, 0.29) is 19.8 Å². The second-order valence-corrected chi connectivity index (χ2v) is 11.2. The number of hydrogen-bond donors (Lipinski definition) is 0. The smallest absolute Gasteiger partial charge is 0.338 e. The minimum atomic E-state index is -0.933. The summed E-state index contributed by atoms with van der Waals surface area (Å²) in [4.78, 5) is 13.5. The highest BCUT2D eigenvalue weighted by molar-refractivity contribution is 5.89. The van der Waals surface area contributed by atoms with Crippen molar-refractivity contribution in [2.45, 2.75) is 50.2 Å². The predicted octanol–water partition coefficient (Wildman–Crippen LogP) is 7.01. The van der Waals surface area contributed by atoms with Crippen molar-refractivity contribution >= 4 is 16.7 Å². The van der Waals surface area contributed by atoms with Crippen molar-refractivity contribution in [2.24, 2.45) is 0 Å². The van der Waals surface area contributed by atoms with Crippen molar-refractivity contribution in [3.05, 3.63) is 156 Å². The highest BCUT2D eigenvalue weighted by Gasteiger charge is 2.53. The summed E-state index contributed by atoms with van der Waals surface area (Å²) in [7, 11) is 0. The second-order valence-electron chi connectivity index (χ2n) is 11.2. The lowest BCUT2D eigenvalue weighted by Crippen LogP contribution is -2.64. The predicted molar refractivity (Wildman–Crippen MR) is 168 cm³/mol. The molecule has 2 aliphatic rings. The number of rotatable bonds is 9. The van der Waals surface area contributed by atoms with Gasteiger partial charge in [0.1, 0.15) is 18.3 Å². The Balaban J connectivity index is 1.20. The highest BCUT2D eigenvalue weighted by Crippen LogP contribution is 2.37. The average Bonchev–Trinajstić information content (AvgIpc) is 3.11. The zero-order chi connectivity index (χ0) is 30.4. The molecule has 2 saturated heterocycles. The van der Waals surface area contributed by atoms with Crippen LogP contribution >= 0.6 is 0 Å². The zero-order valence-electron chi connectivity index (χ0n) is 24.6. The quantitative estimate of drug-likeness (QED) is 0.168. The average molecular weight is 603 g/mol. The van der Waals surface area contributed by atoms with E-state index in [0.717, 1.165) is 27.5 Å². The molecule has 7 nitrogen and oxygen atoms in total. The molecule has 2 fully saturated rings. The normalized spacial score (nSPS) is 24.5. The van der Waals surface area contributed by atoms with Crippen molar-refractivity contribution < 1.29 is 33.2 Å². The molecule has 0 aromatic heterocycles. The third-order valence-electron chi connectivity index (χ3n) is 8.12. The van der Waals surface area contributed by atoms with Crippen LogP contribution in [0.4, 0.5) is 0 Å². The Morgan fingerprint density at radius 1 is 0.644 bits per heavy atom. The first-order chi connectivity index (χ1) is 22.2. The van der Waals surface area contributed by atoms with E-state index in [4.69, 9.17) is 28.4 Å². The first-order valence-electron chi connectivity index (χ1n) is 15.2. The molecule has 2 heterocycles. The van der Waals surface area contributed by atoms with Gasteiger partial charge in [-0.15, -0.1) is 0 Å². The monoisotopic (exact) mass is 602 g/mol. The van der Waals surface area contributed by atoms with Crippen molar-refractivity contribution in [3.8, 4) is 0 Å². The Morgan fingerprint density at radius 2 is 1.31 bits per heavy atom. The van der Waals surface area contributed by atoms with Gasteiger partial charge in [0.2, 0.25) is 0 Å². The van der Waals surface area contributed by atoms with Crippen LogP contribution < -0.4 is 0 Å². The fraction of sp³-hybridized carbons (Fsp3) is 0.237. The van der Waals surface area contributed by atoms with Gasteiger partial charge < -0.3 is 28.4 Å². The van der Waals surface area contributed by atoms with Crippen molar-refractivity contribution in [3.63, 3.8) is 0 Å². The van der Waals surface area contributed by atoms with Crippen molar-refractivity contribution in [2.75, 3.05) is 6.61 Å². The lowest BCUT2D eigenvalue weighted by atomic mass is 9.96. The van der Waals surface area contributed by atoms with E-state index in [1.165, 1.54) is 0 Å². The van der Waals surface area contributed by atoms with Gasteiger partial charge in [-0.3, -0.25) is 0 Å². The van der Waals surface area contributed by atoms with Gasteiger partial charge in [-0.1, -0.05) is 115 Å². The molecule has 7 rings (SSSR count). The maximum Gasteiger partial charge on any atom is 0.338 e. The van der Waals surface area contributed by atoms with Crippen LogP contribution in [0.2, 0.25) is 0 Å². The van der Waals surface area contributed by atoms with Gasteiger partial charge in [0, 0.05) is 5.56 Å². The minimum absolute atomic E-state index is 0.255. The number of esters is 1. The Labute approximate surface area is 262 Å². The summed E-state index contributed by atoms with van der Waals surface area (Å²) in [6, 6.07) is 42.9. The highest BCUT2D eigenvalue weighted by atomic mass is 16.8. The van der Waals surface area contributed by atoms with Gasteiger partial charge in [-0.25, -0.2) is 4.79 Å². The molecule has 5 aromatic rings. The lowest BCUT2D eigenvalue weighted by Gasteiger charge is -2.48. The van der Waals surface area contributed by atoms with Gasteiger partial charge in [0.15, 0.2) is 18.7 Å². The summed E-state index contributed by atoms with van der Waals surface area (Å²) < 4.78 is 38.4. The molecular weight excluding hydrogens is 568 g/mol. The van der Waals surface area contributed by atoms with E-state index in [1.807, 2.05) is 84.9 Å². The number of carbonyl (C=O) groups is 1. The van der Waals surface area contributed by atoms with Crippen LogP contribution in [0.15, 0.2) is 133 Å². The fourth-order valence-corrected chi connectivity index (χ4v) is 5.81. The van der Waals surface area contributed by atoms with E-state index in [9.17, 15) is 4.79 Å². The first-order valence-corrected chi connectivity index (χ1v) is 15.2. The number of ether oxygens (including phenoxy) is 6. The Morgan fingerprint density at radius 3 is 2.09 bits per heavy atom. The summed E-state index contributed by atoms with van der Waals surface area (Å²) in [6.45, 7) is 0.780. The van der Waals surface area contributed by atoms with Crippen LogP contribution in [-0.2, 0) is 41.6 Å². The van der Waals surface area contributed by atoms with Crippen molar-refractivity contribution in [1.29, 1.82) is 0 Å². The SMILES string of the molecule is O=C(OC1[C@H](OCc2ccccc2)OC2COC(c3ccccc3)O[C@H]2[C@@H]1OCc1ccc2ccccc2c1)c1ccccc1. The molecule has 0 saturated carbocycles. The molecule has 5 aromatic carbocycles. The van der Waals surface area contributed by atoms with Crippen LogP contribution in [0.25, 0.3) is 10.8 Å². The Kier molecular flexibility index (Phi) is 8.95. The maximum absolute atomic E-state index is 13.5. The van der Waals surface area contributed by atoms with Gasteiger partial charge in [-0.05, 0) is 40.1 Å². The molecule has 0 radical (unpaired) electrons. The summed E-state index contributed by atoms with van der Waals surface area (Å²) in [5.74, 6) is -0.498. The molecule has 0 bridgehead atoms. The zero-order valence-corrected chi connectivity index (χ0v) is 24.6. The van der Waals surface area contributed by atoms with Crippen LogP contribution in [-0.4, -0.2) is 43.3 Å². The summed E-state index contributed by atoms with van der Waals surface area (Å²) in [5, 5.41) is 2.26. The third kappa shape index (κ3) is 6.83. The van der Waals surface area contributed by atoms with Crippen molar-refractivity contribution in [1.82, 2.24) is 0 Å². The number of carbonyl (C=O) groups excluding carboxylic acids is 1. The van der Waals surface area contributed by atoms with Gasteiger partial charge in [-0.2, -0.15) is 0 Å². The van der Waals surface area contributed by atoms with Crippen LogP contribution in [0.1, 0.15) is 33.3 Å². The Hall–Kier alpha value is -4.37. The van der Waals surface area contributed by atoms with E-state index >= 15 is 0 Å². The Bertz CT molecular complexity index is 1700. The summed E-state index contributed by atoms with van der Waals surface area (Å²) in [6.07, 6.45) is -4.33. The van der Waals surface area contributed by atoms with Gasteiger partial charge in [0.25, 0.3) is 0 Å². The first kappa shape index (κ1) is 29.3. The third-order valence-corrected chi connectivity index (χ3v) is 8.12. The lowest BCUT2D eigenvalue weighted by molar-refractivity contribution is -0.367. The standard InChI is InChI=1S/C38H34O7/c39-36(29-15-6-2-7-16-29)44-35-34(40-24-27-20-21-28-14-10-11-19-31(28)22-27)33-32(25-42-37(45-33)30-17-8-3-9-18-30)43-38(35)41-23-26-12-4-1-5-13-26/h1-22,32-35,37-38H,23-25H2/t32?,33-,34+,35?,37?,38-/m1/s1. The second kappa shape index (κ2) is 13.7. The van der Waals surface area contributed by atoms with E-state index < -0.39 is 43.0 Å². The molecule has 228 valence electrons. The minimum Gasteiger partial charge on any atom is -0.450 e. The summed E-state index contributed by atoms with van der Waals surface area (Å²) in [5.41, 5.74) is 3.25. The molecule has 7 heteroatoms. The number of benzene rings is 5. The van der Waals surface area contributed by atoms with E-state index in [1.54, 1.807) is 24.3 Å². The molecule has 3 unspecified atom stereocenters. The molecular formula is C38H34O7. The molecule has 6 atom stereocenters. The fourth-order valence-electron chi connectivity index (χ4n) is 5.81. The summed E-state index contributed by atoms with van der Waals surface area (Å²) >= 11 is 0. The number of fused-ring (bicyclic) bond motifs is 2.